The Hall–Kier alpha value is -7.54. The number of hydrogen-bond donors (Lipinski definition) is 18. The number of benzene rings is 2. The highest BCUT2D eigenvalue weighted by atomic mass is 35.5. The molecule has 0 bridgehead atoms. The van der Waals surface area contributed by atoms with Crippen molar-refractivity contribution in [3.63, 3.8) is 0 Å². The smallest absolute Gasteiger partial charge is 0.319 e. The zero-order valence-electron chi connectivity index (χ0n) is 48.7. The molecule has 12 amide bonds. The first-order valence-electron chi connectivity index (χ1n) is 28.4. The fraction of sp³-hybridized carbons (Fsp3) is 0.582. The number of urea groups is 1. The summed E-state index contributed by atoms with van der Waals surface area (Å²) in [5, 5.41) is 52.2. The Morgan fingerprint density at radius 3 is 1.64 bits per heavy atom. The number of anilines is 1. The first-order valence-corrected chi connectivity index (χ1v) is 28.8. The number of aliphatic hydroxyl groups excluding tert-OH is 2. The summed E-state index contributed by atoms with van der Waals surface area (Å²) in [6.07, 6.45) is -4.04. The maximum absolute atomic E-state index is 14.5. The second-order valence-corrected chi connectivity index (χ2v) is 21.4. The number of aliphatic hydroxyl groups is 2. The van der Waals surface area contributed by atoms with Gasteiger partial charge in [0.05, 0.1) is 22.9 Å². The molecular weight excluding hydrogens is 1130 g/mol. The molecule has 3 rings (SSSR count). The van der Waals surface area contributed by atoms with Gasteiger partial charge in [-0.2, -0.15) is 0 Å². The number of hydrogen-bond acceptors (Lipinski definition) is 17. The Morgan fingerprint density at radius 2 is 1.09 bits per heavy atom. The summed E-state index contributed by atoms with van der Waals surface area (Å²) in [6.45, 7) is 6.57. The molecule has 12 atom stereocenters. The van der Waals surface area contributed by atoms with Crippen LogP contribution in [-0.2, 0) is 54.4 Å². The molecule has 1 saturated heterocycles. The Kier molecular flexibility index (Phi) is 31.2. The van der Waals surface area contributed by atoms with Crippen molar-refractivity contribution in [2.24, 2.45) is 28.9 Å². The molecule has 22 N–H and O–H groups in total. The lowest BCUT2D eigenvalue weighted by Gasteiger charge is -2.29. The largest absolute Gasteiger partial charge is 0.391 e. The maximum atomic E-state index is 14.5. The van der Waals surface area contributed by atoms with Crippen molar-refractivity contribution in [1.29, 1.82) is 0 Å². The number of amides is 12. The number of carbonyl (C=O) groups is 11. The normalized spacial score (nSPS) is 22.4. The molecule has 2 aromatic rings. The van der Waals surface area contributed by atoms with Crippen LogP contribution < -0.4 is 86.7 Å². The minimum atomic E-state index is -1.76. The van der Waals surface area contributed by atoms with Crippen LogP contribution in [0.5, 0.6) is 0 Å². The van der Waals surface area contributed by atoms with Crippen LogP contribution in [0.2, 0.25) is 5.02 Å². The van der Waals surface area contributed by atoms with E-state index in [-0.39, 0.29) is 87.8 Å². The monoisotopic (exact) mass is 1210 g/mol. The van der Waals surface area contributed by atoms with Crippen molar-refractivity contribution in [1.82, 2.24) is 58.5 Å². The van der Waals surface area contributed by atoms with Gasteiger partial charge in [0.2, 0.25) is 59.1 Å². The Morgan fingerprint density at radius 1 is 0.588 bits per heavy atom. The molecule has 1 fully saturated rings. The molecule has 0 saturated carbocycles. The Balaban J connectivity index is 2.08. The van der Waals surface area contributed by atoms with E-state index < -0.39 is 151 Å². The van der Waals surface area contributed by atoms with E-state index in [1.54, 1.807) is 63.2 Å². The molecule has 30 heteroatoms. The second-order valence-electron chi connectivity index (χ2n) is 21.0. The van der Waals surface area contributed by atoms with Gasteiger partial charge in [0.25, 0.3) is 0 Å². The van der Waals surface area contributed by atoms with Crippen LogP contribution in [0, 0.1) is 5.92 Å². The van der Waals surface area contributed by atoms with Crippen LogP contribution in [0.3, 0.4) is 0 Å². The lowest BCUT2D eigenvalue weighted by molar-refractivity contribution is -0.136. The SMILES string of the molecule is CCCC1NC(=O)C(CC(C)C)NC(=O)C(Cc2ccccc2)NC(=O)C(CCN)NC(=O)C(NC(=O)C(CCN)NC(=O)C(NC(=O)C(CCN)NC(=O)Nc2ccccc2Cl)C(C)O)CCNC(=O)C(C(C)O)NC(=O)C(CCN)NC1=O. The van der Waals surface area contributed by atoms with Gasteiger partial charge in [-0.1, -0.05) is 81.3 Å². The molecule has 1 aliphatic heterocycles. The first-order chi connectivity index (χ1) is 40.4. The van der Waals surface area contributed by atoms with Crippen molar-refractivity contribution in [2.45, 2.75) is 165 Å². The Labute approximate surface area is 499 Å². The van der Waals surface area contributed by atoms with E-state index in [9.17, 15) is 63.0 Å². The van der Waals surface area contributed by atoms with E-state index >= 15 is 0 Å². The van der Waals surface area contributed by atoms with Gasteiger partial charge in [-0.3, -0.25) is 47.9 Å². The highest BCUT2D eigenvalue weighted by molar-refractivity contribution is 6.33. The molecule has 1 heterocycles. The molecule has 472 valence electrons. The van der Waals surface area contributed by atoms with E-state index in [1.807, 2.05) is 0 Å². The number of carbonyl (C=O) groups excluding carboxylic acids is 11. The van der Waals surface area contributed by atoms with Crippen molar-refractivity contribution in [3.05, 3.63) is 65.2 Å². The van der Waals surface area contributed by atoms with Crippen molar-refractivity contribution < 1.29 is 63.0 Å². The third kappa shape index (κ3) is 24.2. The fourth-order valence-electron chi connectivity index (χ4n) is 8.87. The van der Waals surface area contributed by atoms with Gasteiger partial charge in [-0.05, 0) is 109 Å². The Bertz CT molecular complexity index is 2570. The quantitative estimate of drug-likeness (QED) is 0.0476. The highest BCUT2D eigenvalue weighted by Crippen LogP contribution is 2.20. The van der Waals surface area contributed by atoms with Crippen LogP contribution in [0.1, 0.15) is 91.5 Å². The predicted octanol–water partition coefficient (Wildman–Crippen LogP) is -4.04. The van der Waals surface area contributed by atoms with Gasteiger partial charge >= 0.3 is 6.03 Å². The molecule has 1 aliphatic rings. The van der Waals surface area contributed by atoms with Crippen LogP contribution in [0.25, 0.3) is 0 Å². The van der Waals surface area contributed by atoms with Gasteiger partial charge in [0, 0.05) is 13.0 Å². The number of para-hydroxylation sites is 1. The number of halogens is 1. The average Bonchev–Trinajstić information content (AvgIpc) is 3.68. The topological polar surface area (TPSA) is 477 Å². The zero-order valence-corrected chi connectivity index (χ0v) is 49.4. The molecule has 29 nitrogen and oxygen atoms in total. The van der Waals surface area contributed by atoms with Gasteiger partial charge in [-0.25, -0.2) is 4.79 Å². The van der Waals surface area contributed by atoms with Crippen molar-refractivity contribution in [3.8, 4) is 0 Å². The molecule has 12 unspecified atom stereocenters. The third-order valence-corrected chi connectivity index (χ3v) is 13.8. The highest BCUT2D eigenvalue weighted by Gasteiger charge is 2.37. The van der Waals surface area contributed by atoms with Gasteiger partial charge in [-0.15, -0.1) is 0 Å². The standard InChI is InChI=1S/C55H87ClN16O13/c1-6-12-35-45(75)64-38(19-24-59)49(79)71-43(30(4)73)53(83)61-26-21-40(48(78)63-36(17-22-57)47(77)68-42(28-32-13-8-7-9-14-32)52(82)67-41(27-29(2)3)51(81)62-35)65-46(76)37(18-23-58)66-54(84)44(31(5)74)72-50(80)39(20-25-60)70-55(85)69-34-16-11-10-15-33(34)56/h7-11,13-16,29-31,35-44,73-74H,6,12,17-28,57-60H2,1-5H3,(H,61,83)(H,62,81)(H,63,78)(H,64,75)(H,65,76)(H,66,84)(H,67,82)(H,68,77)(H,71,79)(H,72,80)(H2,69,70,85). The van der Waals surface area contributed by atoms with E-state index in [1.165, 1.54) is 26.0 Å². The zero-order chi connectivity index (χ0) is 63.3. The molecule has 0 aromatic heterocycles. The second kappa shape index (κ2) is 37.0. The van der Waals surface area contributed by atoms with Gasteiger partial charge in [0.1, 0.15) is 60.4 Å². The number of rotatable bonds is 24. The molecule has 2 aromatic carbocycles. The summed E-state index contributed by atoms with van der Waals surface area (Å²) in [4.78, 5) is 154. The summed E-state index contributed by atoms with van der Waals surface area (Å²) in [6, 6.07) is -0.871. The molecule has 0 radical (unpaired) electrons. The molecular formula is C55H87ClN16O13. The van der Waals surface area contributed by atoms with Crippen LogP contribution >= 0.6 is 11.6 Å². The molecule has 0 spiro atoms. The van der Waals surface area contributed by atoms with E-state index in [0.717, 1.165) is 0 Å². The van der Waals surface area contributed by atoms with Crippen LogP contribution in [0.15, 0.2) is 54.6 Å². The summed E-state index contributed by atoms with van der Waals surface area (Å²) in [5.74, 6) is -9.54. The predicted molar refractivity (Wildman–Crippen MR) is 315 cm³/mol. The van der Waals surface area contributed by atoms with Gasteiger partial charge < -0.3 is 96.9 Å². The number of nitrogens with two attached hydrogens (primary N) is 4. The lowest BCUT2D eigenvalue weighted by atomic mass is 10.00. The van der Waals surface area contributed by atoms with E-state index in [0.29, 0.717) is 12.0 Å². The summed E-state index contributed by atoms with van der Waals surface area (Å²) >= 11 is 6.16. The first kappa shape index (κ1) is 71.7. The number of nitrogens with one attached hydrogen (secondary N) is 12. The minimum absolute atomic E-state index is 0.0682. The lowest BCUT2D eigenvalue weighted by Crippen LogP contribution is -2.62. The van der Waals surface area contributed by atoms with Crippen molar-refractivity contribution in [2.75, 3.05) is 38.0 Å². The van der Waals surface area contributed by atoms with Gasteiger partial charge in [0.15, 0.2) is 0 Å². The summed E-state index contributed by atoms with van der Waals surface area (Å²) in [7, 11) is 0. The van der Waals surface area contributed by atoms with E-state index in [4.69, 9.17) is 34.5 Å². The fourth-order valence-corrected chi connectivity index (χ4v) is 9.06. The van der Waals surface area contributed by atoms with Crippen LogP contribution in [0.4, 0.5) is 10.5 Å². The van der Waals surface area contributed by atoms with E-state index in [2.05, 4.69) is 63.8 Å². The van der Waals surface area contributed by atoms with Crippen LogP contribution in [-0.4, -0.2) is 181 Å². The summed E-state index contributed by atoms with van der Waals surface area (Å²) in [5.41, 5.74) is 24.3. The summed E-state index contributed by atoms with van der Waals surface area (Å²) < 4.78 is 0. The molecule has 0 aliphatic carbocycles. The maximum Gasteiger partial charge on any atom is 0.319 e. The average molecular weight is 1220 g/mol. The minimum Gasteiger partial charge on any atom is -0.391 e. The molecule has 85 heavy (non-hydrogen) atoms. The third-order valence-electron chi connectivity index (χ3n) is 13.4. The van der Waals surface area contributed by atoms with Crippen molar-refractivity contribution >= 4 is 82.4 Å².